The molecule has 1 unspecified atom stereocenters. The molecule has 1 aromatic carbocycles. The van der Waals surface area contributed by atoms with Gasteiger partial charge in [0.25, 0.3) is 0 Å². The Morgan fingerprint density at radius 3 is 2.78 bits per heavy atom. The molecule has 1 aliphatic carbocycles. The van der Waals surface area contributed by atoms with E-state index in [-0.39, 0.29) is 11.8 Å². The second-order valence-corrected chi connectivity index (χ2v) is 6.60. The molecule has 0 radical (unpaired) electrons. The van der Waals surface area contributed by atoms with E-state index in [0.717, 1.165) is 30.3 Å². The highest BCUT2D eigenvalue weighted by molar-refractivity contribution is 5.95. The zero-order chi connectivity index (χ0) is 16.4. The number of aliphatic hydroxyl groups is 1. The standard InChI is InChI=1S/C18H24N2O3/c1-11(2)19-10-15(21)17-9-13-8-14(6-7-16(13)23-17)20-18(22)12-4-3-5-12/h6-9,11-12,15,19,21H,3-5,10H2,1-2H3,(H,20,22). The van der Waals surface area contributed by atoms with Crippen molar-refractivity contribution in [3.8, 4) is 0 Å². The third-order valence-corrected chi connectivity index (χ3v) is 4.33. The van der Waals surface area contributed by atoms with Crippen molar-refractivity contribution in [2.45, 2.75) is 45.3 Å². The lowest BCUT2D eigenvalue weighted by molar-refractivity contribution is -0.122. The summed E-state index contributed by atoms with van der Waals surface area (Å²) in [6, 6.07) is 7.70. The third-order valence-electron chi connectivity index (χ3n) is 4.33. The van der Waals surface area contributed by atoms with E-state index < -0.39 is 6.10 Å². The number of anilines is 1. The van der Waals surface area contributed by atoms with Crippen LogP contribution >= 0.6 is 0 Å². The topological polar surface area (TPSA) is 74.5 Å². The van der Waals surface area contributed by atoms with Crippen molar-refractivity contribution in [3.63, 3.8) is 0 Å². The number of benzene rings is 1. The number of hydrogen-bond donors (Lipinski definition) is 3. The van der Waals surface area contributed by atoms with E-state index in [1.165, 1.54) is 0 Å². The summed E-state index contributed by atoms with van der Waals surface area (Å²) < 4.78 is 5.70. The first-order valence-electron chi connectivity index (χ1n) is 8.28. The van der Waals surface area contributed by atoms with E-state index in [1.54, 1.807) is 0 Å². The quantitative estimate of drug-likeness (QED) is 0.765. The summed E-state index contributed by atoms with van der Waals surface area (Å²) >= 11 is 0. The Kier molecular flexibility index (Phi) is 4.68. The molecule has 0 bridgehead atoms. The van der Waals surface area contributed by atoms with Gasteiger partial charge in [-0.3, -0.25) is 4.79 Å². The van der Waals surface area contributed by atoms with Gasteiger partial charge < -0.3 is 20.2 Å². The van der Waals surface area contributed by atoms with Crippen LogP contribution in [0.2, 0.25) is 0 Å². The summed E-state index contributed by atoms with van der Waals surface area (Å²) in [4.78, 5) is 12.0. The third kappa shape index (κ3) is 3.74. The predicted molar refractivity (Wildman–Crippen MR) is 90.3 cm³/mol. The summed E-state index contributed by atoms with van der Waals surface area (Å²) in [5, 5.41) is 17.2. The number of carbonyl (C=O) groups excluding carboxylic acids is 1. The number of fused-ring (bicyclic) bond motifs is 1. The van der Waals surface area contributed by atoms with Crippen molar-refractivity contribution in [3.05, 3.63) is 30.0 Å². The number of rotatable bonds is 6. The highest BCUT2D eigenvalue weighted by atomic mass is 16.4. The highest BCUT2D eigenvalue weighted by Crippen LogP contribution is 2.29. The number of nitrogens with one attached hydrogen (secondary N) is 2. The van der Waals surface area contributed by atoms with Gasteiger partial charge in [-0.05, 0) is 37.1 Å². The first kappa shape index (κ1) is 16.0. The second-order valence-electron chi connectivity index (χ2n) is 6.60. The molecule has 5 nitrogen and oxygen atoms in total. The van der Waals surface area contributed by atoms with Crippen LogP contribution < -0.4 is 10.6 Å². The molecular weight excluding hydrogens is 292 g/mol. The molecule has 5 heteroatoms. The highest BCUT2D eigenvalue weighted by Gasteiger charge is 2.25. The lowest BCUT2D eigenvalue weighted by Crippen LogP contribution is -2.27. The van der Waals surface area contributed by atoms with Gasteiger partial charge in [0.2, 0.25) is 5.91 Å². The lowest BCUT2D eigenvalue weighted by atomic mass is 9.85. The molecule has 1 saturated carbocycles. The Hall–Kier alpha value is -1.85. The fraction of sp³-hybridized carbons (Fsp3) is 0.500. The average Bonchev–Trinajstić information content (AvgIpc) is 2.85. The Balaban J connectivity index is 1.71. The van der Waals surface area contributed by atoms with Gasteiger partial charge in [-0.2, -0.15) is 0 Å². The molecule has 0 spiro atoms. The van der Waals surface area contributed by atoms with Gasteiger partial charge in [0.05, 0.1) is 0 Å². The SMILES string of the molecule is CC(C)NCC(O)c1cc2cc(NC(=O)C3CCC3)ccc2o1. The van der Waals surface area contributed by atoms with Crippen LogP contribution in [0.5, 0.6) is 0 Å². The summed E-state index contributed by atoms with van der Waals surface area (Å²) in [7, 11) is 0. The van der Waals surface area contributed by atoms with Crippen molar-refractivity contribution in [2.24, 2.45) is 5.92 Å². The van der Waals surface area contributed by atoms with Crippen LogP contribution in [0.4, 0.5) is 5.69 Å². The molecule has 23 heavy (non-hydrogen) atoms. The molecule has 2 aromatic rings. The fourth-order valence-corrected chi connectivity index (χ4v) is 2.67. The number of furan rings is 1. The zero-order valence-corrected chi connectivity index (χ0v) is 13.6. The Morgan fingerprint density at radius 2 is 2.13 bits per heavy atom. The molecule has 1 heterocycles. The molecule has 1 fully saturated rings. The molecule has 1 aliphatic rings. The van der Waals surface area contributed by atoms with Crippen molar-refractivity contribution >= 4 is 22.6 Å². The number of aliphatic hydroxyl groups excluding tert-OH is 1. The van der Waals surface area contributed by atoms with Crippen molar-refractivity contribution in [1.82, 2.24) is 5.32 Å². The smallest absolute Gasteiger partial charge is 0.227 e. The molecule has 3 rings (SSSR count). The van der Waals surface area contributed by atoms with Crippen molar-refractivity contribution in [1.29, 1.82) is 0 Å². The Bertz CT molecular complexity index is 689. The predicted octanol–water partition coefficient (Wildman–Crippen LogP) is 3.20. The minimum absolute atomic E-state index is 0.0977. The van der Waals surface area contributed by atoms with E-state index >= 15 is 0 Å². The summed E-state index contributed by atoms with van der Waals surface area (Å²) in [6.07, 6.45) is 2.43. The van der Waals surface area contributed by atoms with Crippen LogP contribution in [0, 0.1) is 5.92 Å². The second kappa shape index (κ2) is 6.72. The van der Waals surface area contributed by atoms with Gasteiger partial charge in [-0.25, -0.2) is 0 Å². The van der Waals surface area contributed by atoms with E-state index in [0.29, 0.717) is 23.9 Å². The van der Waals surface area contributed by atoms with Crippen LogP contribution in [0.3, 0.4) is 0 Å². The van der Waals surface area contributed by atoms with Crippen LogP contribution in [0.1, 0.15) is 45.0 Å². The fourth-order valence-electron chi connectivity index (χ4n) is 2.67. The minimum atomic E-state index is -0.683. The molecule has 1 atom stereocenters. The zero-order valence-electron chi connectivity index (χ0n) is 13.6. The lowest BCUT2D eigenvalue weighted by Gasteiger charge is -2.23. The summed E-state index contributed by atoms with van der Waals surface area (Å²) in [5.74, 6) is 0.797. The summed E-state index contributed by atoms with van der Waals surface area (Å²) in [6.45, 7) is 4.51. The molecule has 124 valence electrons. The average molecular weight is 316 g/mol. The largest absolute Gasteiger partial charge is 0.458 e. The van der Waals surface area contributed by atoms with Gasteiger partial charge in [-0.15, -0.1) is 0 Å². The van der Waals surface area contributed by atoms with E-state index in [1.807, 2.05) is 38.1 Å². The molecule has 1 amide bonds. The van der Waals surface area contributed by atoms with E-state index in [4.69, 9.17) is 4.42 Å². The van der Waals surface area contributed by atoms with Crippen LogP contribution in [-0.4, -0.2) is 23.6 Å². The molecule has 3 N–H and O–H groups in total. The van der Waals surface area contributed by atoms with Gasteiger partial charge >= 0.3 is 0 Å². The normalized spacial score (nSPS) is 16.5. The Morgan fingerprint density at radius 1 is 1.35 bits per heavy atom. The maximum atomic E-state index is 12.0. The number of amides is 1. The van der Waals surface area contributed by atoms with Gasteiger partial charge in [-0.1, -0.05) is 20.3 Å². The molecule has 0 saturated heterocycles. The van der Waals surface area contributed by atoms with Crippen LogP contribution in [0.25, 0.3) is 11.0 Å². The van der Waals surface area contributed by atoms with Gasteiger partial charge in [0, 0.05) is 29.6 Å². The first-order chi connectivity index (χ1) is 11.0. The van der Waals surface area contributed by atoms with E-state index in [9.17, 15) is 9.90 Å². The van der Waals surface area contributed by atoms with Crippen molar-refractivity contribution < 1.29 is 14.3 Å². The van der Waals surface area contributed by atoms with Gasteiger partial charge in [0.15, 0.2) is 0 Å². The monoisotopic (exact) mass is 316 g/mol. The molecular formula is C18H24N2O3. The molecule has 0 aliphatic heterocycles. The minimum Gasteiger partial charge on any atom is -0.458 e. The molecule has 1 aromatic heterocycles. The number of carbonyl (C=O) groups is 1. The summed E-state index contributed by atoms with van der Waals surface area (Å²) in [5.41, 5.74) is 1.49. The first-order valence-corrected chi connectivity index (χ1v) is 8.28. The maximum Gasteiger partial charge on any atom is 0.227 e. The van der Waals surface area contributed by atoms with E-state index in [2.05, 4.69) is 10.6 Å². The van der Waals surface area contributed by atoms with Crippen LogP contribution in [0.15, 0.2) is 28.7 Å². The van der Waals surface area contributed by atoms with Crippen LogP contribution in [-0.2, 0) is 4.79 Å². The Labute approximate surface area is 136 Å². The number of hydrogen-bond acceptors (Lipinski definition) is 4. The van der Waals surface area contributed by atoms with Crippen molar-refractivity contribution in [2.75, 3.05) is 11.9 Å². The van der Waals surface area contributed by atoms with Gasteiger partial charge in [0.1, 0.15) is 17.4 Å². The maximum absolute atomic E-state index is 12.0.